The number of pyridine rings is 1. The van der Waals surface area contributed by atoms with Gasteiger partial charge in [0.2, 0.25) is 0 Å². The number of anilines is 1. The molecule has 0 saturated carbocycles. The van der Waals surface area contributed by atoms with E-state index in [1.54, 1.807) is 26.0 Å². The molecule has 2 aliphatic rings. The molecule has 180 valence electrons. The lowest BCUT2D eigenvalue weighted by atomic mass is 9.89. The van der Waals surface area contributed by atoms with E-state index >= 15 is 0 Å². The van der Waals surface area contributed by atoms with E-state index in [0.29, 0.717) is 22.8 Å². The van der Waals surface area contributed by atoms with Crippen molar-refractivity contribution in [1.29, 1.82) is 5.26 Å². The molecule has 35 heavy (non-hydrogen) atoms. The summed E-state index contributed by atoms with van der Waals surface area (Å²) in [4.78, 5) is 45.1. The van der Waals surface area contributed by atoms with E-state index in [-0.39, 0.29) is 42.1 Å². The van der Waals surface area contributed by atoms with Gasteiger partial charge in [0.25, 0.3) is 0 Å². The number of amides is 4. The number of imide groups is 1. The van der Waals surface area contributed by atoms with Crippen LogP contribution in [0.1, 0.15) is 48.2 Å². The lowest BCUT2D eigenvalue weighted by Gasteiger charge is -2.41. The number of carbonyl (C=O) groups excluding carboxylic acids is 3. The van der Waals surface area contributed by atoms with Crippen LogP contribution in [-0.2, 0) is 11.0 Å². The highest BCUT2D eigenvalue weighted by Crippen LogP contribution is 2.46. The highest BCUT2D eigenvalue weighted by atomic mass is 19.4. The summed E-state index contributed by atoms with van der Waals surface area (Å²) < 4.78 is 40.0. The lowest BCUT2D eigenvalue weighted by molar-refractivity contribution is -0.141. The van der Waals surface area contributed by atoms with Crippen molar-refractivity contribution in [2.45, 2.75) is 38.9 Å². The average Bonchev–Trinajstić information content (AvgIpc) is 3.18. The molecule has 1 aromatic heterocycles. The predicted octanol–water partition coefficient (Wildman–Crippen LogP) is 4.61. The van der Waals surface area contributed by atoms with E-state index in [4.69, 9.17) is 0 Å². The number of ketones is 1. The van der Waals surface area contributed by atoms with Crippen LogP contribution in [0.3, 0.4) is 0 Å². The summed E-state index contributed by atoms with van der Waals surface area (Å²) in [6, 6.07) is 5.87. The number of alkyl halides is 3. The Morgan fingerprint density at radius 2 is 1.97 bits per heavy atom. The van der Waals surface area contributed by atoms with Crippen LogP contribution in [-0.4, -0.2) is 34.3 Å². The summed E-state index contributed by atoms with van der Waals surface area (Å²) >= 11 is 0. The Hall–Kier alpha value is -4.20. The number of halogens is 3. The first-order valence-electron chi connectivity index (χ1n) is 10.8. The van der Waals surface area contributed by atoms with Crippen molar-refractivity contribution in [2.75, 3.05) is 11.4 Å². The Kier molecular flexibility index (Phi) is 6.06. The smallest absolute Gasteiger partial charge is 0.338 e. The number of rotatable bonds is 3. The van der Waals surface area contributed by atoms with Crippen LogP contribution in [0.2, 0.25) is 0 Å². The Morgan fingerprint density at radius 1 is 1.23 bits per heavy atom. The van der Waals surface area contributed by atoms with E-state index in [1.807, 2.05) is 6.07 Å². The second-order valence-electron chi connectivity index (χ2n) is 8.09. The van der Waals surface area contributed by atoms with Crippen molar-refractivity contribution in [3.8, 4) is 6.07 Å². The second kappa shape index (κ2) is 8.87. The number of nitriles is 1. The highest BCUT2D eigenvalue weighted by Gasteiger charge is 2.49. The normalized spacial score (nSPS) is 18.0. The van der Waals surface area contributed by atoms with Gasteiger partial charge >= 0.3 is 18.2 Å². The van der Waals surface area contributed by atoms with E-state index in [1.165, 1.54) is 12.1 Å². The van der Waals surface area contributed by atoms with E-state index in [9.17, 15) is 32.8 Å². The molecule has 1 aliphatic carbocycles. The zero-order valence-electron chi connectivity index (χ0n) is 18.8. The highest BCUT2D eigenvalue weighted by molar-refractivity contribution is 6.12. The predicted molar refractivity (Wildman–Crippen MR) is 118 cm³/mol. The molecule has 8 nitrogen and oxygen atoms in total. The number of aromatic nitrogens is 1. The van der Waals surface area contributed by atoms with Gasteiger partial charge in [-0.15, -0.1) is 0 Å². The SMILES string of the molecule is CCNC(=O)N1C(=O)N(c2ccnc(C(F)(F)F)c2)C2=C(C(=O)CC2)C1c1ccc(C#N)cc1C. The van der Waals surface area contributed by atoms with Gasteiger partial charge in [0, 0.05) is 30.4 Å². The minimum atomic E-state index is -4.75. The topological polar surface area (TPSA) is 106 Å². The van der Waals surface area contributed by atoms with Crippen LogP contribution < -0.4 is 10.2 Å². The number of nitrogens with zero attached hydrogens (tertiary/aromatic N) is 4. The summed E-state index contributed by atoms with van der Waals surface area (Å²) in [6.45, 7) is 3.52. The molecule has 1 unspecified atom stereocenters. The van der Waals surface area contributed by atoms with Gasteiger partial charge in [-0.05, 0) is 55.7 Å². The zero-order valence-corrected chi connectivity index (χ0v) is 18.8. The summed E-state index contributed by atoms with van der Waals surface area (Å²) in [7, 11) is 0. The average molecular weight is 483 g/mol. The van der Waals surface area contributed by atoms with Crippen LogP contribution in [0.4, 0.5) is 28.4 Å². The van der Waals surface area contributed by atoms with E-state index in [2.05, 4.69) is 10.3 Å². The van der Waals surface area contributed by atoms with E-state index in [0.717, 1.165) is 16.0 Å². The molecule has 0 radical (unpaired) electrons. The Labute approximate surface area is 198 Å². The van der Waals surface area contributed by atoms with Crippen LogP contribution in [0, 0.1) is 18.3 Å². The lowest BCUT2D eigenvalue weighted by Crippen LogP contribution is -2.55. The number of hydrogen-bond donors (Lipinski definition) is 1. The molecule has 1 N–H and O–H groups in total. The molecule has 1 aromatic carbocycles. The molecular formula is C24H20F3N5O3. The minimum Gasteiger partial charge on any atom is -0.338 e. The number of hydrogen-bond acceptors (Lipinski definition) is 5. The number of urea groups is 2. The van der Waals surface area contributed by atoms with Gasteiger partial charge in [0.1, 0.15) is 5.69 Å². The third-order valence-corrected chi connectivity index (χ3v) is 5.93. The summed E-state index contributed by atoms with van der Waals surface area (Å²) in [5.74, 6) is -0.314. The number of nitrogens with one attached hydrogen (secondary N) is 1. The second-order valence-corrected chi connectivity index (χ2v) is 8.09. The number of allylic oxidation sites excluding steroid dienone is 1. The van der Waals surface area contributed by atoms with Gasteiger partial charge < -0.3 is 5.32 Å². The van der Waals surface area contributed by atoms with Gasteiger partial charge in [-0.2, -0.15) is 18.4 Å². The zero-order chi connectivity index (χ0) is 25.5. The first-order valence-corrected chi connectivity index (χ1v) is 10.8. The van der Waals surface area contributed by atoms with Crippen molar-refractivity contribution in [2.24, 2.45) is 0 Å². The number of Topliss-reactive ketones (excluding diaryl/α,β-unsaturated/α-hetero) is 1. The van der Waals surface area contributed by atoms with Crippen LogP contribution in [0.5, 0.6) is 0 Å². The first-order chi connectivity index (χ1) is 16.6. The van der Waals surface area contributed by atoms with Crippen molar-refractivity contribution >= 4 is 23.5 Å². The first kappa shape index (κ1) is 23.9. The van der Waals surface area contributed by atoms with Crippen LogP contribution in [0.15, 0.2) is 47.8 Å². The Morgan fingerprint density at radius 3 is 2.60 bits per heavy atom. The molecule has 0 fully saturated rings. The Balaban J connectivity index is 1.96. The third kappa shape index (κ3) is 4.12. The van der Waals surface area contributed by atoms with Crippen molar-refractivity contribution in [3.05, 3.63) is 70.2 Å². The molecule has 4 amide bonds. The molecule has 1 aliphatic heterocycles. The molecule has 2 heterocycles. The molecular weight excluding hydrogens is 463 g/mol. The summed E-state index contributed by atoms with van der Waals surface area (Å²) in [6.07, 6.45) is -3.66. The van der Waals surface area contributed by atoms with Gasteiger partial charge in [-0.1, -0.05) is 6.07 Å². The molecule has 4 rings (SSSR count). The fourth-order valence-electron chi connectivity index (χ4n) is 4.43. The minimum absolute atomic E-state index is 0.0424. The van der Waals surface area contributed by atoms with Gasteiger partial charge in [-0.3, -0.25) is 14.7 Å². The van der Waals surface area contributed by atoms with Crippen LogP contribution in [0.25, 0.3) is 0 Å². The van der Waals surface area contributed by atoms with E-state index < -0.39 is 30.0 Å². The maximum atomic E-state index is 13.8. The largest absolute Gasteiger partial charge is 0.433 e. The monoisotopic (exact) mass is 483 g/mol. The maximum Gasteiger partial charge on any atom is 0.433 e. The number of carbonyl (C=O) groups is 3. The molecule has 0 saturated heterocycles. The fraction of sp³-hybridized carbons (Fsp3) is 0.292. The van der Waals surface area contributed by atoms with Crippen molar-refractivity contribution in [1.82, 2.24) is 15.2 Å². The number of benzene rings is 1. The quantitative estimate of drug-likeness (QED) is 0.686. The van der Waals surface area contributed by atoms with Gasteiger partial charge in [0.15, 0.2) is 5.78 Å². The number of aryl methyl sites for hydroxylation is 1. The molecule has 2 aromatic rings. The van der Waals surface area contributed by atoms with Crippen LogP contribution >= 0.6 is 0 Å². The standard InChI is InChI=1S/C24H20F3N5O3/c1-3-29-22(34)32-21(16-5-4-14(12-28)10-13(16)2)20-17(6-7-18(20)33)31(23(32)35)15-8-9-30-19(11-15)24(25,26)27/h4-5,8-11,21H,3,6-7H2,1-2H3,(H,29,34). The summed E-state index contributed by atoms with van der Waals surface area (Å²) in [5, 5.41) is 11.8. The Bertz CT molecular complexity index is 1310. The molecule has 0 spiro atoms. The third-order valence-electron chi connectivity index (χ3n) is 5.93. The fourth-order valence-corrected chi connectivity index (χ4v) is 4.43. The summed E-state index contributed by atoms with van der Waals surface area (Å²) in [5.41, 5.74) is 0.467. The molecule has 11 heteroatoms. The molecule has 1 atom stereocenters. The van der Waals surface area contributed by atoms with Gasteiger partial charge in [-0.25, -0.2) is 14.5 Å². The van der Waals surface area contributed by atoms with Crippen molar-refractivity contribution in [3.63, 3.8) is 0 Å². The molecule has 0 bridgehead atoms. The van der Waals surface area contributed by atoms with Crippen molar-refractivity contribution < 1.29 is 27.6 Å². The van der Waals surface area contributed by atoms with Gasteiger partial charge in [0.05, 0.1) is 23.4 Å². The maximum absolute atomic E-state index is 13.8.